The molecule has 0 aliphatic carbocycles. The fourth-order valence-corrected chi connectivity index (χ4v) is 4.04. The molecule has 0 aliphatic rings. The van der Waals surface area contributed by atoms with Crippen molar-refractivity contribution in [1.82, 2.24) is 9.97 Å². The number of anilines is 1. The average Bonchev–Trinajstić information content (AvgIpc) is 3.12. The highest BCUT2D eigenvalue weighted by molar-refractivity contribution is 7.15. The van der Waals surface area contributed by atoms with E-state index in [0.717, 1.165) is 16.9 Å². The van der Waals surface area contributed by atoms with Crippen LogP contribution in [-0.4, -0.2) is 27.0 Å². The highest BCUT2D eigenvalue weighted by atomic mass is 35.5. The number of carbonyl (C=O) groups is 2. The van der Waals surface area contributed by atoms with Gasteiger partial charge in [0.1, 0.15) is 16.3 Å². The molecule has 2 heterocycles. The van der Waals surface area contributed by atoms with E-state index < -0.39 is 11.9 Å². The molecule has 29 heavy (non-hydrogen) atoms. The molecule has 0 saturated heterocycles. The molecule has 0 bridgehead atoms. The van der Waals surface area contributed by atoms with Gasteiger partial charge in [0.15, 0.2) is 0 Å². The molecule has 0 saturated carbocycles. The van der Waals surface area contributed by atoms with E-state index >= 15 is 0 Å². The number of benzene rings is 2. The van der Waals surface area contributed by atoms with Gasteiger partial charge < -0.3 is 10.4 Å². The van der Waals surface area contributed by atoms with Crippen LogP contribution >= 0.6 is 22.9 Å². The highest BCUT2D eigenvalue weighted by Crippen LogP contribution is 2.36. The first-order valence-electron chi connectivity index (χ1n) is 8.58. The number of aromatic nitrogens is 2. The van der Waals surface area contributed by atoms with Gasteiger partial charge in [-0.25, -0.2) is 9.78 Å². The van der Waals surface area contributed by atoms with Gasteiger partial charge in [0.25, 0.3) is 5.91 Å². The number of hydrogen-bond donors (Lipinski definition) is 2. The summed E-state index contributed by atoms with van der Waals surface area (Å²) in [6.45, 7) is 1.89. The maximum absolute atomic E-state index is 12.7. The molecule has 0 unspecified atom stereocenters. The number of thiophene rings is 1. The lowest BCUT2D eigenvalue weighted by atomic mass is 10.0. The zero-order chi connectivity index (χ0) is 20.5. The van der Waals surface area contributed by atoms with Crippen molar-refractivity contribution in [2.24, 2.45) is 0 Å². The monoisotopic (exact) mass is 423 g/mol. The molecule has 1 amide bonds. The number of nitrogens with one attached hydrogen (secondary N) is 1. The van der Waals surface area contributed by atoms with E-state index in [4.69, 9.17) is 11.6 Å². The molecular weight excluding hydrogens is 410 g/mol. The van der Waals surface area contributed by atoms with Crippen LogP contribution in [0.4, 0.5) is 5.00 Å². The van der Waals surface area contributed by atoms with Gasteiger partial charge >= 0.3 is 5.97 Å². The highest BCUT2D eigenvalue weighted by Gasteiger charge is 2.22. The summed E-state index contributed by atoms with van der Waals surface area (Å²) in [5.41, 5.74) is 3.57. The van der Waals surface area contributed by atoms with Crippen molar-refractivity contribution >= 4 is 50.8 Å². The van der Waals surface area contributed by atoms with Gasteiger partial charge in [-0.3, -0.25) is 9.78 Å². The maximum Gasteiger partial charge on any atom is 0.339 e. The number of nitrogens with zero attached hydrogens (tertiary/aromatic N) is 2. The molecular formula is C21H14ClN3O3S. The molecule has 2 N–H and O–H groups in total. The van der Waals surface area contributed by atoms with E-state index in [-0.39, 0.29) is 16.3 Å². The Kier molecular flexibility index (Phi) is 5.00. The van der Waals surface area contributed by atoms with Crippen molar-refractivity contribution < 1.29 is 14.7 Å². The van der Waals surface area contributed by atoms with Gasteiger partial charge in [-0.2, -0.15) is 0 Å². The number of fused-ring (bicyclic) bond motifs is 1. The van der Waals surface area contributed by atoms with Crippen LogP contribution in [0.5, 0.6) is 0 Å². The summed E-state index contributed by atoms with van der Waals surface area (Å²) in [5.74, 6) is -1.65. The number of aromatic carboxylic acids is 1. The normalized spacial score (nSPS) is 10.8. The average molecular weight is 424 g/mol. The Bertz CT molecular complexity index is 1250. The minimum absolute atomic E-state index is 0.0237. The zero-order valence-electron chi connectivity index (χ0n) is 15.1. The van der Waals surface area contributed by atoms with E-state index in [0.29, 0.717) is 27.2 Å². The fraction of sp³-hybridized carbons (Fsp3) is 0.0476. The summed E-state index contributed by atoms with van der Waals surface area (Å²) in [5, 5.41) is 14.9. The number of aryl methyl sites for hydroxylation is 1. The molecule has 4 aromatic rings. The summed E-state index contributed by atoms with van der Waals surface area (Å²) in [6, 6.07) is 12.4. The first kappa shape index (κ1) is 19.0. The van der Waals surface area contributed by atoms with Crippen molar-refractivity contribution in [3.63, 3.8) is 0 Å². The molecule has 4 rings (SSSR count). The Morgan fingerprint density at radius 3 is 2.62 bits per heavy atom. The number of amides is 1. The van der Waals surface area contributed by atoms with E-state index in [2.05, 4.69) is 15.3 Å². The lowest BCUT2D eigenvalue weighted by Gasteiger charge is -2.07. The number of hydrogen-bond acceptors (Lipinski definition) is 5. The van der Waals surface area contributed by atoms with Crippen molar-refractivity contribution in [1.29, 1.82) is 0 Å². The molecule has 0 aliphatic heterocycles. The van der Waals surface area contributed by atoms with E-state index in [1.54, 1.807) is 29.6 Å². The minimum Gasteiger partial charge on any atom is -0.478 e. The third-order valence-electron chi connectivity index (χ3n) is 4.39. The van der Waals surface area contributed by atoms with Crippen LogP contribution in [0.15, 0.2) is 54.0 Å². The molecule has 0 spiro atoms. The van der Waals surface area contributed by atoms with E-state index in [1.807, 2.05) is 25.1 Å². The van der Waals surface area contributed by atoms with Gasteiger partial charge in [-0.05, 0) is 36.2 Å². The second kappa shape index (κ2) is 7.62. The van der Waals surface area contributed by atoms with Crippen molar-refractivity contribution in [3.05, 3.63) is 75.9 Å². The van der Waals surface area contributed by atoms with E-state index in [9.17, 15) is 14.7 Å². The van der Waals surface area contributed by atoms with Crippen molar-refractivity contribution in [2.75, 3.05) is 5.32 Å². The molecule has 0 radical (unpaired) electrons. The summed E-state index contributed by atoms with van der Waals surface area (Å²) >= 11 is 7.05. The maximum atomic E-state index is 12.7. The molecule has 0 fully saturated rings. The SMILES string of the molecule is Cc1cccc2ncc(C(=O)Nc3scc(-c4ccc(Cl)cc4)c3C(=O)O)nc12. The lowest BCUT2D eigenvalue weighted by molar-refractivity contribution is 0.0699. The smallest absolute Gasteiger partial charge is 0.339 e. The number of carboxylic acids is 1. The molecule has 0 atom stereocenters. The molecule has 2 aromatic heterocycles. The number of rotatable bonds is 4. The van der Waals surface area contributed by atoms with Crippen LogP contribution in [0.1, 0.15) is 26.4 Å². The zero-order valence-corrected chi connectivity index (χ0v) is 16.7. The fourth-order valence-electron chi connectivity index (χ4n) is 2.95. The first-order chi connectivity index (χ1) is 13.9. The second-order valence-electron chi connectivity index (χ2n) is 6.32. The van der Waals surface area contributed by atoms with Gasteiger partial charge in [0.05, 0.1) is 17.2 Å². The van der Waals surface area contributed by atoms with Crippen LogP contribution in [0.25, 0.3) is 22.2 Å². The Morgan fingerprint density at radius 2 is 1.90 bits per heavy atom. The van der Waals surface area contributed by atoms with Gasteiger partial charge in [0.2, 0.25) is 0 Å². The van der Waals surface area contributed by atoms with Gasteiger partial charge in [-0.15, -0.1) is 11.3 Å². The Morgan fingerprint density at radius 1 is 1.14 bits per heavy atom. The van der Waals surface area contributed by atoms with Gasteiger partial charge in [0, 0.05) is 16.0 Å². The quantitative estimate of drug-likeness (QED) is 0.466. The van der Waals surface area contributed by atoms with Crippen LogP contribution in [0.3, 0.4) is 0 Å². The Hall–Kier alpha value is -3.29. The number of para-hydroxylation sites is 1. The molecule has 6 nitrogen and oxygen atoms in total. The molecule has 2 aromatic carbocycles. The largest absolute Gasteiger partial charge is 0.478 e. The molecule has 144 valence electrons. The molecule has 8 heteroatoms. The number of carboxylic acid groups (broad SMARTS) is 1. The van der Waals surface area contributed by atoms with E-state index in [1.165, 1.54) is 6.20 Å². The minimum atomic E-state index is -1.13. The first-order valence-corrected chi connectivity index (χ1v) is 9.84. The van der Waals surface area contributed by atoms with Gasteiger partial charge in [-0.1, -0.05) is 35.9 Å². The van der Waals surface area contributed by atoms with Crippen molar-refractivity contribution in [2.45, 2.75) is 6.92 Å². The number of halogens is 1. The lowest BCUT2D eigenvalue weighted by Crippen LogP contribution is -2.15. The predicted molar refractivity (Wildman–Crippen MR) is 114 cm³/mol. The van der Waals surface area contributed by atoms with Crippen LogP contribution in [-0.2, 0) is 0 Å². The number of carbonyl (C=O) groups excluding carboxylic acids is 1. The Balaban J connectivity index is 1.69. The topological polar surface area (TPSA) is 92.2 Å². The predicted octanol–water partition coefficient (Wildman–Crippen LogP) is 5.27. The summed E-state index contributed by atoms with van der Waals surface area (Å²) in [6.07, 6.45) is 1.38. The summed E-state index contributed by atoms with van der Waals surface area (Å²) in [7, 11) is 0. The second-order valence-corrected chi connectivity index (χ2v) is 7.63. The van der Waals surface area contributed by atoms with Crippen LogP contribution in [0, 0.1) is 6.92 Å². The Labute approximate surface area is 174 Å². The summed E-state index contributed by atoms with van der Waals surface area (Å²) in [4.78, 5) is 33.3. The standard InChI is InChI=1S/C21H14ClN3O3S/c1-11-3-2-4-15-18(11)24-16(9-23-15)19(26)25-20-17(21(27)28)14(10-29-20)12-5-7-13(22)8-6-12/h2-10H,1H3,(H,25,26)(H,27,28). The summed E-state index contributed by atoms with van der Waals surface area (Å²) < 4.78 is 0. The third-order valence-corrected chi connectivity index (χ3v) is 5.54. The van der Waals surface area contributed by atoms with Crippen LogP contribution < -0.4 is 5.32 Å². The van der Waals surface area contributed by atoms with Crippen molar-refractivity contribution in [3.8, 4) is 11.1 Å². The van der Waals surface area contributed by atoms with Crippen LogP contribution in [0.2, 0.25) is 5.02 Å². The third kappa shape index (κ3) is 3.70.